The maximum Gasteiger partial charge on any atom is 0.0286 e. The summed E-state index contributed by atoms with van der Waals surface area (Å²) in [6, 6.07) is 0. The molecule has 1 N–H and O–H groups in total. The van der Waals surface area contributed by atoms with Crippen molar-refractivity contribution in [1.29, 1.82) is 0 Å². The summed E-state index contributed by atoms with van der Waals surface area (Å²) in [5, 5.41) is 3.62. The number of hydrogen-bond donors (Lipinski definition) is 1. The second-order valence-corrected chi connectivity index (χ2v) is 6.63. The SMILES string of the molecule is CC(C)(CCl)CNCC1CC2CCC1C2. The highest BCUT2D eigenvalue weighted by molar-refractivity contribution is 6.18. The van der Waals surface area contributed by atoms with Crippen molar-refractivity contribution in [2.75, 3.05) is 19.0 Å². The van der Waals surface area contributed by atoms with Crippen LogP contribution in [0.5, 0.6) is 0 Å². The Morgan fingerprint density at radius 3 is 2.60 bits per heavy atom. The molecular weight excluding hydrogens is 206 g/mol. The first kappa shape index (κ1) is 11.7. The smallest absolute Gasteiger partial charge is 0.0286 e. The fourth-order valence-electron chi connectivity index (χ4n) is 3.27. The van der Waals surface area contributed by atoms with Gasteiger partial charge in [0, 0.05) is 12.4 Å². The van der Waals surface area contributed by atoms with Gasteiger partial charge in [0.1, 0.15) is 0 Å². The predicted molar refractivity (Wildman–Crippen MR) is 66.3 cm³/mol. The first-order chi connectivity index (χ1) is 7.11. The third-order valence-corrected chi connectivity index (χ3v) is 4.98. The van der Waals surface area contributed by atoms with Gasteiger partial charge in [-0.3, -0.25) is 0 Å². The maximum atomic E-state index is 5.91. The van der Waals surface area contributed by atoms with Crippen molar-refractivity contribution in [2.45, 2.75) is 39.5 Å². The fourth-order valence-corrected chi connectivity index (χ4v) is 3.36. The van der Waals surface area contributed by atoms with Crippen molar-refractivity contribution in [1.82, 2.24) is 5.32 Å². The van der Waals surface area contributed by atoms with E-state index in [-0.39, 0.29) is 5.41 Å². The standard InChI is InChI=1S/C13H24ClN/c1-13(2,8-14)9-15-7-12-6-10-3-4-11(12)5-10/h10-12,15H,3-9H2,1-2H3. The van der Waals surface area contributed by atoms with Gasteiger partial charge in [0.05, 0.1) is 0 Å². The summed E-state index contributed by atoms with van der Waals surface area (Å²) in [5.74, 6) is 3.83. The van der Waals surface area contributed by atoms with E-state index in [1.54, 1.807) is 0 Å². The van der Waals surface area contributed by atoms with Gasteiger partial charge in [0.15, 0.2) is 0 Å². The van der Waals surface area contributed by atoms with E-state index in [1.807, 2.05) is 0 Å². The minimum absolute atomic E-state index is 0.249. The topological polar surface area (TPSA) is 12.0 Å². The van der Waals surface area contributed by atoms with Gasteiger partial charge in [-0.25, -0.2) is 0 Å². The highest BCUT2D eigenvalue weighted by atomic mass is 35.5. The Bertz CT molecular complexity index is 215. The van der Waals surface area contributed by atoms with Crippen molar-refractivity contribution in [3.8, 4) is 0 Å². The van der Waals surface area contributed by atoms with Gasteiger partial charge in [-0.1, -0.05) is 20.3 Å². The molecule has 0 spiro atoms. The molecule has 88 valence electrons. The highest BCUT2D eigenvalue weighted by Crippen LogP contribution is 2.47. The van der Waals surface area contributed by atoms with Gasteiger partial charge in [-0.2, -0.15) is 0 Å². The van der Waals surface area contributed by atoms with Crippen LogP contribution in [0.25, 0.3) is 0 Å². The van der Waals surface area contributed by atoms with Crippen LogP contribution >= 0.6 is 11.6 Å². The van der Waals surface area contributed by atoms with Crippen LogP contribution in [0.3, 0.4) is 0 Å². The molecule has 0 amide bonds. The molecule has 2 aliphatic rings. The zero-order valence-corrected chi connectivity index (χ0v) is 10.8. The van der Waals surface area contributed by atoms with Crippen LogP contribution in [0, 0.1) is 23.2 Å². The monoisotopic (exact) mass is 229 g/mol. The summed E-state index contributed by atoms with van der Waals surface area (Å²) >= 11 is 5.91. The van der Waals surface area contributed by atoms with Gasteiger partial charge in [-0.15, -0.1) is 11.6 Å². The largest absolute Gasteiger partial charge is 0.316 e. The molecule has 2 bridgehead atoms. The van der Waals surface area contributed by atoms with Crippen molar-refractivity contribution in [3.63, 3.8) is 0 Å². The first-order valence-corrected chi connectivity index (χ1v) is 6.91. The second-order valence-electron chi connectivity index (χ2n) is 6.36. The molecule has 3 atom stereocenters. The van der Waals surface area contributed by atoms with E-state index in [1.165, 1.54) is 32.2 Å². The molecule has 0 radical (unpaired) electrons. The van der Waals surface area contributed by atoms with E-state index < -0.39 is 0 Å². The molecule has 1 nitrogen and oxygen atoms in total. The molecule has 15 heavy (non-hydrogen) atoms. The quantitative estimate of drug-likeness (QED) is 0.714. The molecule has 3 unspecified atom stereocenters. The van der Waals surface area contributed by atoms with Crippen molar-refractivity contribution >= 4 is 11.6 Å². The lowest BCUT2D eigenvalue weighted by atomic mass is 9.88. The molecule has 2 rings (SSSR count). The Morgan fingerprint density at radius 1 is 1.27 bits per heavy atom. The van der Waals surface area contributed by atoms with Gasteiger partial charge in [0.25, 0.3) is 0 Å². The lowest BCUT2D eigenvalue weighted by Crippen LogP contribution is -2.35. The van der Waals surface area contributed by atoms with E-state index >= 15 is 0 Å². The summed E-state index contributed by atoms with van der Waals surface area (Å²) in [5.41, 5.74) is 0.249. The Labute approximate surface area is 99.0 Å². The maximum absolute atomic E-state index is 5.91. The minimum Gasteiger partial charge on any atom is -0.316 e. The molecule has 0 aliphatic heterocycles. The number of nitrogens with one attached hydrogen (secondary N) is 1. The Kier molecular flexibility index (Phi) is 3.62. The average molecular weight is 230 g/mol. The van der Waals surface area contributed by atoms with Crippen LogP contribution < -0.4 is 5.32 Å². The number of hydrogen-bond acceptors (Lipinski definition) is 1. The molecule has 2 fully saturated rings. The zero-order chi connectivity index (χ0) is 10.9. The van der Waals surface area contributed by atoms with Gasteiger partial charge in [-0.05, 0) is 49.0 Å². The summed E-state index contributed by atoms with van der Waals surface area (Å²) in [4.78, 5) is 0. The van der Waals surface area contributed by atoms with Gasteiger partial charge >= 0.3 is 0 Å². The van der Waals surface area contributed by atoms with Crippen LogP contribution in [-0.4, -0.2) is 19.0 Å². The zero-order valence-electron chi connectivity index (χ0n) is 10.1. The lowest BCUT2D eigenvalue weighted by Gasteiger charge is -2.26. The van der Waals surface area contributed by atoms with E-state index in [9.17, 15) is 0 Å². The second kappa shape index (κ2) is 4.63. The van der Waals surface area contributed by atoms with Gasteiger partial charge in [0.2, 0.25) is 0 Å². The molecule has 2 saturated carbocycles. The number of rotatable bonds is 5. The molecular formula is C13H24ClN. The normalized spacial score (nSPS) is 35.0. The molecule has 2 aliphatic carbocycles. The fraction of sp³-hybridized carbons (Fsp3) is 1.00. The summed E-state index contributed by atoms with van der Waals surface area (Å²) in [7, 11) is 0. The molecule has 0 aromatic heterocycles. The number of alkyl halides is 1. The summed E-state index contributed by atoms with van der Waals surface area (Å²) in [6.07, 6.45) is 6.01. The summed E-state index contributed by atoms with van der Waals surface area (Å²) in [6.45, 7) is 6.74. The lowest BCUT2D eigenvalue weighted by molar-refractivity contribution is 0.296. The molecule has 0 saturated heterocycles. The number of halogens is 1. The minimum atomic E-state index is 0.249. The number of fused-ring (bicyclic) bond motifs is 2. The third-order valence-electron chi connectivity index (χ3n) is 4.26. The van der Waals surface area contributed by atoms with E-state index in [0.717, 1.165) is 30.2 Å². The molecule has 2 heteroatoms. The van der Waals surface area contributed by atoms with Crippen LogP contribution in [0.2, 0.25) is 0 Å². The van der Waals surface area contributed by atoms with E-state index in [0.29, 0.717) is 0 Å². The third kappa shape index (κ3) is 2.88. The van der Waals surface area contributed by atoms with Crippen LogP contribution in [0.1, 0.15) is 39.5 Å². The van der Waals surface area contributed by atoms with Crippen LogP contribution in [-0.2, 0) is 0 Å². The van der Waals surface area contributed by atoms with Crippen molar-refractivity contribution in [2.24, 2.45) is 23.2 Å². The van der Waals surface area contributed by atoms with Crippen LogP contribution in [0.15, 0.2) is 0 Å². The molecule has 0 aromatic rings. The first-order valence-electron chi connectivity index (χ1n) is 6.37. The van der Waals surface area contributed by atoms with Crippen molar-refractivity contribution < 1.29 is 0 Å². The predicted octanol–water partition coefficient (Wildman–Crippen LogP) is 3.28. The average Bonchev–Trinajstić information content (AvgIpc) is 2.79. The van der Waals surface area contributed by atoms with Crippen molar-refractivity contribution in [3.05, 3.63) is 0 Å². The van der Waals surface area contributed by atoms with Crippen LogP contribution in [0.4, 0.5) is 0 Å². The van der Waals surface area contributed by atoms with E-state index in [4.69, 9.17) is 11.6 Å². The molecule has 0 aromatic carbocycles. The Morgan fingerprint density at radius 2 is 2.07 bits per heavy atom. The summed E-state index contributed by atoms with van der Waals surface area (Å²) < 4.78 is 0. The molecule has 0 heterocycles. The Balaban J connectivity index is 1.67. The Hall–Kier alpha value is 0.250. The van der Waals surface area contributed by atoms with Gasteiger partial charge < -0.3 is 5.32 Å². The van der Waals surface area contributed by atoms with E-state index in [2.05, 4.69) is 19.2 Å². The highest BCUT2D eigenvalue weighted by Gasteiger charge is 2.38.